The smallest absolute Gasteiger partial charge is 0.414 e. The predicted octanol–water partition coefficient (Wildman–Crippen LogP) is 3.34. The number of benzene rings is 1. The molecule has 3 rings (SSSR count). The molecule has 9 heteroatoms. The highest BCUT2D eigenvalue weighted by Gasteiger charge is 2.34. The number of halogens is 2. The van der Waals surface area contributed by atoms with Crippen molar-refractivity contribution in [3.05, 3.63) is 23.8 Å². The minimum absolute atomic E-state index is 0.0208. The molecule has 1 aromatic carbocycles. The van der Waals surface area contributed by atoms with Crippen LogP contribution < -0.4 is 15.1 Å². The third-order valence-electron chi connectivity index (χ3n) is 5.47. The fourth-order valence-electron chi connectivity index (χ4n) is 3.54. The average Bonchev–Trinajstić information content (AvgIpc) is 3.01. The lowest BCUT2D eigenvalue weighted by atomic mass is 10.2. The van der Waals surface area contributed by atoms with Crippen molar-refractivity contribution < 1.29 is 23.1 Å². The number of nitrogens with one attached hydrogen (secondary N) is 1. The lowest BCUT2D eigenvalue weighted by molar-refractivity contribution is -0.121. The van der Waals surface area contributed by atoms with Crippen LogP contribution in [0.1, 0.15) is 13.3 Å². The number of amides is 2. The molecular weight excluding hydrogens is 384 g/mol. The van der Waals surface area contributed by atoms with Crippen LogP contribution in [-0.2, 0) is 9.53 Å². The Kier molecular flexibility index (Phi) is 5.92. The molecule has 0 aliphatic carbocycles. The van der Waals surface area contributed by atoms with Crippen LogP contribution in [0.3, 0.4) is 0 Å². The van der Waals surface area contributed by atoms with E-state index in [1.54, 1.807) is 11.8 Å². The summed E-state index contributed by atoms with van der Waals surface area (Å²) in [6.07, 6.45) is -0.894. The van der Waals surface area contributed by atoms with Crippen LogP contribution >= 0.6 is 0 Å². The molecule has 6 nitrogen and oxygen atoms in total. The molecule has 2 saturated heterocycles. The predicted molar refractivity (Wildman–Crippen MR) is 107 cm³/mol. The molecule has 1 atom stereocenters. The number of anilines is 2. The minimum atomic E-state index is -1.25. The standard InChI is InChI=1S/C19H27F2N3O3Si/c1-4-17(25)22-11-14-12-24(19(26)27-14)13-9-15(20)18(16(21)10-13)23-5-7-28(2,3)8-6-23/h9-10,14H,4-8,11-12H2,1-3H3,(H,22,25). The van der Waals surface area contributed by atoms with E-state index in [1.807, 2.05) is 0 Å². The fourth-order valence-corrected chi connectivity index (χ4v) is 5.54. The summed E-state index contributed by atoms with van der Waals surface area (Å²) in [6.45, 7) is 7.91. The maximum atomic E-state index is 14.8. The van der Waals surface area contributed by atoms with Gasteiger partial charge in [0.2, 0.25) is 5.91 Å². The molecular formula is C19H27F2N3O3Si. The van der Waals surface area contributed by atoms with E-state index in [0.717, 1.165) is 12.1 Å². The van der Waals surface area contributed by atoms with Gasteiger partial charge in [-0.05, 0) is 12.1 Å². The molecule has 28 heavy (non-hydrogen) atoms. The van der Waals surface area contributed by atoms with E-state index in [4.69, 9.17) is 4.74 Å². The Balaban J connectivity index is 1.72. The van der Waals surface area contributed by atoms with Gasteiger partial charge in [-0.25, -0.2) is 13.6 Å². The third-order valence-corrected chi connectivity index (χ3v) is 8.62. The summed E-state index contributed by atoms with van der Waals surface area (Å²) in [6, 6.07) is 4.36. The SMILES string of the molecule is CCC(=O)NCC1CN(c2cc(F)c(N3CC[Si](C)(C)CC3)c(F)c2)C(=O)O1. The van der Waals surface area contributed by atoms with E-state index < -0.39 is 31.9 Å². The summed E-state index contributed by atoms with van der Waals surface area (Å²) >= 11 is 0. The molecule has 1 N–H and O–H groups in total. The number of nitrogens with zero attached hydrogens (tertiary/aromatic N) is 2. The fraction of sp³-hybridized carbons (Fsp3) is 0.579. The van der Waals surface area contributed by atoms with E-state index in [0.29, 0.717) is 19.5 Å². The van der Waals surface area contributed by atoms with Crippen LogP contribution in [0.15, 0.2) is 12.1 Å². The van der Waals surface area contributed by atoms with Crippen molar-refractivity contribution >= 4 is 31.4 Å². The van der Waals surface area contributed by atoms with Crippen LogP contribution in [0.2, 0.25) is 25.2 Å². The first kappa shape index (κ1) is 20.6. The van der Waals surface area contributed by atoms with Gasteiger partial charge in [0, 0.05) is 31.6 Å². The molecule has 1 unspecified atom stereocenters. The van der Waals surface area contributed by atoms with E-state index in [2.05, 4.69) is 18.4 Å². The molecule has 0 radical (unpaired) electrons. The second-order valence-corrected chi connectivity index (χ2v) is 13.5. The molecule has 154 valence electrons. The van der Waals surface area contributed by atoms with Crippen molar-refractivity contribution in [1.29, 1.82) is 0 Å². The van der Waals surface area contributed by atoms with Crippen molar-refractivity contribution in [2.75, 3.05) is 36.0 Å². The van der Waals surface area contributed by atoms with Crippen LogP contribution in [0.25, 0.3) is 0 Å². The first-order valence-electron chi connectivity index (χ1n) is 9.69. The lowest BCUT2D eigenvalue weighted by Gasteiger charge is -2.37. The van der Waals surface area contributed by atoms with Crippen LogP contribution in [0.5, 0.6) is 0 Å². The van der Waals surface area contributed by atoms with Crippen molar-refractivity contribution in [3.63, 3.8) is 0 Å². The summed E-state index contributed by atoms with van der Waals surface area (Å²) in [5, 5.41) is 2.65. The van der Waals surface area contributed by atoms with E-state index in [9.17, 15) is 18.4 Å². The minimum Gasteiger partial charge on any atom is -0.442 e. The Morgan fingerprint density at radius 3 is 2.43 bits per heavy atom. The maximum absolute atomic E-state index is 14.8. The Morgan fingerprint density at radius 1 is 1.25 bits per heavy atom. The number of rotatable bonds is 5. The number of carbonyl (C=O) groups is 2. The maximum Gasteiger partial charge on any atom is 0.414 e. The molecule has 0 bridgehead atoms. The van der Waals surface area contributed by atoms with Gasteiger partial charge >= 0.3 is 6.09 Å². The molecule has 2 fully saturated rings. The third kappa shape index (κ3) is 4.45. The Labute approximate surface area is 164 Å². The monoisotopic (exact) mass is 411 g/mol. The number of carbonyl (C=O) groups excluding carboxylic acids is 2. The summed E-state index contributed by atoms with van der Waals surface area (Å²) < 4.78 is 34.7. The Bertz CT molecular complexity index is 742. The molecule has 2 heterocycles. The molecule has 0 aromatic heterocycles. The van der Waals surface area contributed by atoms with Crippen molar-refractivity contribution in [2.24, 2.45) is 0 Å². The Hall–Kier alpha value is -2.16. The van der Waals surface area contributed by atoms with Gasteiger partial charge in [-0.1, -0.05) is 20.0 Å². The van der Waals surface area contributed by atoms with Gasteiger partial charge in [-0.15, -0.1) is 0 Å². The first-order chi connectivity index (χ1) is 13.2. The normalized spacial score (nSPS) is 21.6. The van der Waals surface area contributed by atoms with Crippen LogP contribution in [-0.4, -0.2) is 52.4 Å². The van der Waals surface area contributed by atoms with E-state index in [1.165, 1.54) is 17.0 Å². The number of hydrogen-bond acceptors (Lipinski definition) is 4. The average molecular weight is 412 g/mol. The first-order valence-corrected chi connectivity index (χ1v) is 13.1. The second-order valence-electron chi connectivity index (χ2n) is 8.18. The van der Waals surface area contributed by atoms with Crippen molar-refractivity contribution in [2.45, 2.75) is 44.6 Å². The zero-order chi connectivity index (χ0) is 20.5. The molecule has 1 aromatic rings. The van der Waals surface area contributed by atoms with Gasteiger partial charge in [-0.3, -0.25) is 9.69 Å². The molecule has 0 saturated carbocycles. The molecule has 2 aliphatic rings. The number of cyclic esters (lactones) is 1. The van der Waals surface area contributed by atoms with E-state index >= 15 is 0 Å². The zero-order valence-corrected chi connectivity index (χ0v) is 17.6. The van der Waals surface area contributed by atoms with Crippen LogP contribution in [0.4, 0.5) is 25.0 Å². The summed E-state index contributed by atoms with van der Waals surface area (Å²) in [7, 11) is -1.25. The molecule has 2 amide bonds. The summed E-state index contributed by atoms with van der Waals surface area (Å²) in [5.74, 6) is -1.50. The highest BCUT2D eigenvalue weighted by molar-refractivity contribution is 6.77. The quantitative estimate of drug-likeness (QED) is 0.755. The topological polar surface area (TPSA) is 61.9 Å². The van der Waals surface area contributed by atoms with E-state index in [-0.39, 0.29) is 30.4 Å². The number of hydrogen-bond donors (Lipinski definition) is 1. The zero-order valence-electron chi connectivity index (χ0n) is 16.6. The Morgan fingerprint density at radius 2 is 1.86 bits per heavy atom. The van der Waals surface area contributed by atoms with Gasteiger partial charge in [0.05, 0.1) is 26.9 Å². The summed E-state index contributed by atoms with van der Waals surface area (Å²) in [5.41, 5.74) is 0.104. The van der Waals surface area contributed by atoms with Gasteiger partial charge in [0.1, 0.15) is 11.8 Å². The van der Waals surface area contributed by atoms with Gasteiger partial charge < -0.3 is 15.0 Å². The molecule has 0 spiro atoms. The molecule has 2 aliphatic heterocycles. The van der Waals surface area contributed by atoms with Gasteiger partial charge in [0.15, 0.2) is 11.6 Å². The largest absolute Gasteiger partial charge is 0.442 e. The second kappa shape index (κ2) is 8.06. The summed E-state index contributed by atoms with van der Waals surface area (Å²) in [4.78, 5) is 26.4. The van der Waals surface area contributed by atoms with Gasteiger partial charge in [-0.2, -0.15) is 0 Å². The highest BCUT2D eigenvalue weighted by Crippen LogP contribution is 2.34. The van der Waals surface area contributed by atoms with Gasteiger partial charge in [0.25, 0.3) is 0 Å². The highest BCUT2D eigenvalue weighted by atomic mass is 28.3. The number of ether oxygens (including phenoxy) is 1. The van der Waals surface area contributed by atoms with Crippen molar-refractivity contribution in [1.82, 2.24) is 5.32 Å². The van der Waals surface area contributed by atoms with Crippen molar-refractivity contribution in [3.8, 4) is 0 Å². The lowest BCUT2D eigenvalue weighted by Crippen LogP contribution is -2.43. The van der Waals surface area contributed by atoms with Crippen LogP contribution in [0, 0.1) is 11.6 Å².